The first kappa shape index (κ1) is 93.5. The van der Waals surface area contributed by atoms with Crippen molar-refractivity contribution in [1.29, 1.82) is 0 Å². The third-order valence-corrected chi connectivity index (χ3v) is 19.6. The monoisotopic (exact) mass is 1350 g/mol. The molecule has 0 saturated carbocycles. The van der Waals surface area contributed by atoms with Gasteiger partial charge in [-0.3, -0.25) is 9.59 Å². The summed E-state index contributed by atoms with van der Waals surface area (Å²) in [7, 11) is 5.96. The average molecular weight is 1350 g/mol. The normalized spacial score (nSPS) is 12.7. The quantitative estimate of drug-likeness (QED) is 0.0195. The van der Waals surface area contributed by atoms with Crippen LogP contribution in [0.2, 0.25) is 0 Å². The Bertz CT molecular complexity index is 1670. The average Bonchev–Trinajstić information content (AvgIpc) is 2.59. The second-order valence-electron chi connectivity index (χ2n) is 30.5. The van der Waals surface area contributed by atoms with E-state index < -0.39 is 24.3 Å². The maximum Gasteiger partial charge on any atom is 0.306 e. The van der Waals surface area contributed by atoms with E-state index in [9.17, 15) is 19.5 Å². The van der Waals surface area contributed by atoms with Crippen molar-refractivity contribution < 1.29 is 42.9 Å². The highest BCUT2D eigenvalue weighted by Gasteiger charge is 2.22. The number of unbranched alkanes of at least 4 members (excludes halogenated alkanes) is 60. The van der Waals surface area contributed by atoms with Crippen molar-refractivity contribution in [2.24, 2.45) is 0 Å². The highest BCUT2D eigenvalue weighted by atomic mass is 16.7. The summed E-state index contributed by atoms with van der Waals surface area (Å²) in [4.78, 5) is 37.6. The van der Waals surface area contributed by atoms with E-state index in [1.165, 1.54) is 366 Å². The lowest BCUT2D eigenvalue weighted by atomic mass is 10.0. The number of hydrogen-bond acceptors (Lipinski definition) is 8. The van der Waals surface area contributed by atoms with Crippen molar-refractivity contribution in [3.05, 3.63) is 36.5 Å². The number of nitrogens with zero attached hydrogens (tertiary/aromatic N) is 1. The Morgan fingerprint density at radius 1 is 0.312 bits per heavy atom. The van der Waals surface area contributed by atoms with E-state index in [0.29, 0.717) is 17.4 Å². The molecule has 96 heavy (non-hydrogen) atoms. The van der Waals surface area contributed by atoms with Crippen LogP contribution in [0.3, 0.4) is 0 Å². The summed E-state index contributed by atoms with van der Waals surface area (Å²) < 4.78 is 22.9. The zero-order valence-electron chi connectivity index (χ0n) is 65.0. The zero-order valence-corrected chi connectivity index (χ0v) is 65.0. The molecule has 9 nitrogen and oxygen atoms in total. The first-order chi connectivity index (χ1) is 47.1. The molecule has 0 aliphatic carbocycles. The molecule has 0 rings (SSSR count). The summed E-state index contributed by atoms with van der Waals surface area (Å²) in [6, 6.07) is 0. The fraction of sp³-hybridized carbons (Fsp3) is 0.897. The summed E-state index contributed by atoms with van der Waals surface area (Å²) in [5.74, 6) is -2.24. The summed E-state index contributed by atoms with van der Waals surface area (Å²) in [5, 5.41) is 11.9. The van der Waals surface area contributed by atoms with Gasteiger partial charge in [0.15, 0.2) is 12.4 Å². The maximum atomic E-state index is 13.0. The Morgan fingerprint density at radius 3 is 0.833 bits per heavy atom. The summed E-state index contributed by atoms with van der Waals surface area (Å²) >= 11 is 0. The number of carbonyl (C=O) groups is 3. The molecule has 0 aromatic rings. The van der Waals surface area contributed by atoms with Gasteiger partial charge in [0, 0.05) is 12.8 Å². The Hall–Kier alpha value is -2.49. The van der Waals surface area contributed by atoms with Gasteiger partial charge < -0.3 is 33.3 Å². The van der Waals surface area contributed by atoms with Crippen LogP contribution in [0.1, 0.15) is 444 Å². The fourth-order valence-electron chi connectivity index (χ4n) is 13.1. The predicted molar refractivity (Wildman–Crippen MR) is 413 cm³/mol. The molecule has 566 valence electrons. The SMILES string of the molecule is CCCCCCC/C=C\C/C=C\C/C=C\CCCCCCCCCCCCCCCCCCCCCCCCCCCCC(=O)OC(COC(=O)CCCCCCCCCCCCCCCCCCCCCCCCCCCCCCCC)COC(OCC[N+](C)(C)C)C(=O)[O-]. The van der Waals surface area contributed by atoms with Crippen LogP contribution in [0.4, 0.5) is 0 Å². The van der Waals surface area contributed by atoms with Gasteiger partial charge in [-0.1, -0.05) is 416 Å². The van der Waals surface area contributed by atoms with Crippen LogP contribution in [0, 0.1) is 0 Å². The summed E-state index contributed by atoms with van der Waals surface area (Å²) in [5.41, 5.74) is 0. The lowest BCUT2D eigenvalue weighted by Gasteiger charge is -2.26. The van der Waals surface area contributed by atoms with E-state index >= 15 is 0 Å². The molecular weight excluding hydrogens is 1190 g/mol. The molecule has 0 aromatic carbocycles. The van der Waals surface area contributed by atoms with Crippen LogP contribution in [0.25, 0.3) is 0 Å². The maximum absolute atomic E-state index is 13.0. The highest BCUT2D eigenvalue weighted by molar-refractivity contribution is 5.70. The Balaban J connectivity index is 3.91. The van der Waals surface area contributed by atoms with Crippen molar-refractivity contribution in [2.75, 3.05) is 47.5 Å². The van der Waals surface area contributed by atoms with Gasteiger partial charge in [-0.25, -0.2) is 0 Å². The standard InChI is InChI=1S/C87H165NO8/c1-6-8-10-12-14-16-18-20-22-24-26-28-30-32-34-36-38-39-40-41-42-43-44-45-46-47-48-50-52-54-56-58-60-62-64-66-68-70-72-74-76-78-85(90)96-83(82-95-87(86(91)92)93-80-79-88(3,4)5)81-94-84(89)77-75-73-71-69-67-65-63-61-59-57-55-53-51-49-37-35-33-31-29-27-25-23-21-19-17-15-13-11-9-7-2/h18,20,24,26,30,32,83,87H,6-17,19,21-23,25,27-29,31,33-82H2,1-5H3/b20-18-,26-24-,32-30-. The van der Waals surface area contributed by atoms with Gasteiger partial charge in [-0.2, -0.15) is 0 Å². The number of carbonyl (C=O) groups excluding carboxylic acids is 3. The van der Waals surface area contributed by atoms with Gasteiger partial charge in [0.25, 0.3) is 0 Å². The van der Waals surface area contributed by atoms with Crippen LogP contribution in [0.5, 0.6) is 0 Å². The minimum absolute atomic E-state index is 0.152. The number of rotatable bonds is 81. The molecule has 0 aliphatic rings. The summed E-state index contributed by atoms with van der Waals surface area (Å²) in [6.45, 7) is 4.83. The van der Waals surface area contributed by atoms with E-state index in [2.05, 4.69) is 50.3 Å². The molecule has 9 heteroatoms. The number of carboxylic acid groups (broad SMARTS) is 1. The second kappa shape index (κ2) is 78.2. The number of quaternary nitrogens is 1. The second-order valence-corrected chi connectivity index (χ2v) is 30.5. The molecule has 0 saturated heterocycles. The van der Waals surface area contributed by atoms with Crippen molar-refractivity contribution in [1.82, 2.24) is 0 Å². The van der Waals surface area contributed by atoms with Crippen LogP contribution in [0.15, 0.2) is 36.5 Å². The van der Waals surface area contributed by atoms with E-state index in [-0.39, 0.29) is 32.2 Å². The van der Waals surface area contributed by atoms with Crippen molar-refractivity contribution in [3.63, 3.8) is 0 Å². The van der Waals surface area contributed by atoms with Crippen molar-refractivity contribution in [2.45, 2.75) is 456 Å². The molecule has 0 radical (unpaired) electrons. The smallest absolute Gasteiger partial charge is 0.306 e. The number of hydrogen-bond donors (Lipinski definition) is 0. The number of aliphatic carboxylic acids is 1. The van der Waals surface area contributed by atoms with Gasteiger partial charge in [0.2, 0.25) is 0 Å². The number of esters is 2. The number of carboxylic acids is 1. The molecule has 0 fully saturated rings. The first-order valence-electron chi connectivity index (χ1n) is 42.6. The first-order valence-corrected chi connectivity index (χ1v) is 42.6. The van der Waals surface area contributed by atoms with Crippen molar-refractivity contribution >= 4 is 17.9 Å². The lowest BCUT2D eigenvalue weighted by molar-refractivity contribution is -0.870. The minimum atomic E-state index is -1.62. The lowest BCUT2D eigenvalue weighted by Crippen LogP contribution is -2.44. The number of likely N-dealkylation sites (N-methyl/N-ethyl adjacent to an activating group) is 1. The minimum Gasteiger partial charge on any atom is -0.545 e. The van der Waals surface area contributed by atoms with E-state index in [1.807, 2.05) is 21.1 Å². The third-order valence-electron chi connectivity index (χ3n) is 19.6. The molecule has 0 aromatic heterocycles. The highest BCUT2D eigenvalue weighted by Crippen LogP contribution is 2.21. The third kappa shape index (κ3) is 78.8. The summed E-state index contributed by atoms with van der Waals surface area (Å²) in [6.07, 6.45) is 98.7. The van der Waals surface area contributed by atoms with Crippen molar-refractivity contribution in [3.8, 4) is 0 Å². The van der Waals surface area contributed by atoms with Crippen LogP contribution in [-0.4, -0.2) is 82.3 Å². The van der Waals surface area contributed by atoms with Crippen LogP contribution in [-0.2, 0) is 33.3 Å². The molecule has 2 unspecified atom stereocenters. The Labute approximate surface area is 598 Å². The number of allylic oxidation sites excluding steroid dienone is 6. The molecule has 0 aliphatic heterocycles. The van der Waals surface area contributed by atoms with E-state index in [0.717, 1.165) is 51.4 Å². The molecule has 0 N–H and O–H groups in total. The van der Waals surface area contributed by atoms with Crippen LogP contribution >= 0.6 is 0 Å². The molecule has 0 heterocycles. The zero-order chi connectivity index (χ0) is 69.7. The predicted octanol–water partition coefficient (Wildman–Crippen LogP) is 26.1. The van der Waals surface area contributed by atoms with Gasteiger partial charge >= 0.3 is 11.9 Å². The van der Waals surface area contributed by atoms with Gasteiger partial charge in [0.1, 0.15) is 13.2 Å². The largest absolute Gasteiger partial charge is 0.545 e. The van der Waals surface area contributed by atoms with E-state index in [4.69, 9.17) is 18.9 Å². The van der Waals surface area contributed by atoms with Gasteiger partial charge in [-0.05, 0) is 51.4 Å². The Kier molecular flexibility index (Phi) is 76.2. The van der Waals surface area contributed by atoms with Crippen LogP contribution < -0.4 is 5.11 Å². The molecule has 0 amide bonds. The topological polar surface area (TPSA) is 111 Å². The molecule has 2 atom stereocenters. The number of ether oxygens (including phenoxy) is 4. The Morgan fingerprint density at radius 2 is 0.562 bits per heavy atom. The molecule has 0 bridgehead atoms. The van der Waals surface area contributed by atoms with Gasteiger partial charge in [-0.15, -0.1) is 0 Å². The van der Waals surface area contributed by atoms with E-state index in [1.54, 1.807) is 0 Å². The molecule has 0 spiro atoms. The molecular formula is C87H165NO8. The van der Waals surface area contributed by atoms with Gasteiger partial charge in [0.05, 0.1) is 40.3 Å². The fourth-order valence-corrected chi connectivity index (χ4v) is 13.1.